The first-order chi connectivity index (χ1) is 16.3. The highest BCUT2D eigenvalue weighted by Gasteiger charge is 2.24. The molecule has 1 fully saturated rings. The molecule has 34 heavy (non-hydrogen) atoms. The Balaban J connectivity index is 1.59. The van der Waals surface area contributed by atoms with Gasteiger partial charge in [0, 0.05) is 11.9 Å². The van der Waals surface area contributed by atoms with Crippen molar-refractivity contribution in [1.82, 2.24) is 9.55 Å². The number of nitro benzene ring substituents is 1. The molecule has 0 saturated carbocycles. The van der Waals surface area contributed by atoms with Gasteiger partial charge < -0.3 is 9.47 Å². The highest BCUT2D eigenvalue weighted by molar-refractivity contribution is 6.32. The molecule has 174 valence electrons. The fourth-order valence-corrected chi connectivity index (χ4v) is 3.59. The van der Waals surface area contributed by atoms with E-state index in [-0.39, 0.29) is 17.2 Å². The van der Waals surface area contributed by atoms with Crippen molar-refractivity contribution in [2.75, 3.05) is 18.1 Å². The van der Waals surface area contributed by atoms with Crippen LogP contribution in [0.5, 0.6) is 0 Å². The number of nitro groups is 1. The van der Waals surface area contributed by atoms with Crippen LogP contribution in [0, 0.1) is 10.1 Å². The minimum absolute atomic E-state index is 0.0339. The minimum atomic E-state index is -1.10. The van der Waals surface area contributed by atoms with E-state index in [4.69, 9.17) is 21.1 Å². The average Bonchev–Trinajstić information content (AvgIpc) is 3.23. The van der Waals surface area contributed by atoms with Crippen LogP contribution in [0.4, 0.5) is 16.2 Å². The number of hydrogen-bond acceptors (Lipinski definition) is 8. The number of benzene rings is 2. The van der Waals surface area contributed by atoms with Crippen molar-refractivity contribution < 1.29 is 24.0 Å². The number of ether oxygens (including phenoxy) is 2. The molecule has 13 heteroatoms. The Hall–Kier alpha value is -4.45. The largest absolute Gasteiger partial charge is 0.457 e. The molecule has 0 atom stereocenters. The summed E-state index contributed by atoms with van der Waals surface area (Å²) in [6, 6.07) is 10.3. The number of halogens is 1. The van der Waals surface area contributed by atoms with Gasteiger partial charge in [-0.2, -0.15) is 0 Å². The van der Waals surface area contributed by atoms with Crippen LogP contribution < -0.4 is 16.1 Å². The molecule has 1 aliphatic rings. The number of hydrogen-bond donors (Lipinski definition) is 1. The lowest BCUT2D eigenvalue weighted by molar-refractivity contribution is -0.385. The molecule has 1 saturated heterocycles. The number of nitrogens with zero attached hydrogens (tertiary/aromatic N) is 3. The molecule has 0 radical (unpaired) electrons. The van der Waals surface area contributed by atoms with Gasteiger partial charge in [0.1, 0.15) is 23.8 Å². The zero-order valence-electron chi connectivity index (χ0n) is 17.2. The van der Waals surface area contributed by atoms with Crippen molar-refractivity contribution in [3.63, 3.8) is 0 Å². The Morgan fingerprint density at radius 3 is 2.50 bits per heavy atom. The molecule has 0 aliphatic carbocycles. The number of aromatic amines is 1. The Morgan fingerprint density at radius 2 is 1.85 bits per heavy atom. The monoisotopic (exact) mass is 486 g/mol. The molecule has 1 amide bonds. The maximum Gasteiger partial charge on any atom is 0.414 e. The molecule has 12 nitrogen and oxygen atoms in total. The van der Waals surface area contributed by atoms with Crippen molar-refractivity contribution in [3.05, 3.63) is 95.8 Å². The Bertz CT molecular complexity index is 1410. The van der Waals surface area contributed by atoms with Crippen LogP contribution in [0.1, 0.15) is 15.9 Å². The Labute approximate surface area is 195 Å². The van der Waals surface area contributed by atoms with Crippen LogP contribution in [0.2, 0.25) is 5.02 Å². The molecule has 1 aromatic heterocycles. The smallest absolute Gasteiger partial charge is 0.414 e. The van der Waals surface area contributed by atoms with E-state index in [0.29, 0.717) is 17.9 Å². The normalized spacial score (nSPS) is 13.0. The van der Waals surface area contributed by atoms with E-state index in [2.05, 4.69) is 0 Å². The van der Waals surface area contributed by atoms with Crippen LogP contribution in [0.3, 0.4) is 0 Å². The standard InChI is InChI=1S/C21H15ClN4O8/c22-16-3-1-2-12(17(16)26(31)32)11-34-19(28)15-10-25(20(29)23-18(15)27)14-6-4-13(5-7-14)24-8-9-33-21(24)30/h1-7,10H,8-9,11H2,(H,23,27,29). The molecule has 0 bridgehead atoms. The van der Waals surface area contributed by atoms with Crippen molar-refractivity contribution >= 4 is 35.0 Å². The first-order valence-corrected chi connectivity index (χ1v) is 10.1. The van der Waals surface area contributed by atoms with Gasteiger partial charge in [-0.15, -0.1) is 0 Å². The summed E-state index contributed by atoms with van der Waals surface area (Å²) >= 11 is 5.84. The Kier molecular flexibility index (Phi) is 6.15. The van der Waals surface area contributed by atoms with Gasteiger partial charge in [-0.1, -0.05) is 17.7 Å². The molecule has 0 spiro atoms. The van der Waals surface area contributed by atoms with E-state index in [9.17, 15) is 29.3 Å². The fraction of sp³-hybridized carbons (Fsp3) is 0.143. The van der Waals surface area contributed by atoms with E-state index >= 15 is 0 Å². The van der Waals surface area contributed by atoms with Gasteiger partial charge in [0.05, 0.1) is 22.7 Å². The molecular formula is C21H15ClN4O8. The maximum atomic E-state index is 12.5. The van der Waals surface area contributed by atoms with Crippen molar-refractivity contribution in [1.29, 1.82) is 0 Å². The van der Waals surface area contributed by atoms with E-state index in [0.717, 1.165) is 10.8 Å². The van der Waals surface area contributed by atoms with Crippen LogP contribution in [-0.4, -0.2) is 39.7 Å². The van der Waals surface area contributed by atoms with Crippen LogP contribution in [-0.2, 0) is 16.1 Å². The molecule has 1 N–H and O–H groups in total. The topological polar surface area (TPSA) is 154 Å². The number of anilines is 1. The summed E-state index contributed by atoms with van der Waals surface area (Å²) < 4.78 is 11.0. The predicted molar refractivity (Wildman–Crippen MR) is 119 cm³/mol. The van der Waals surface area contributed by atoms with Crippen LogP contribution >= 0.6 is 11.6 Å². The van der Waals surface area contributed by atoms with Gasteiger partial charge >= 0.3 is 17.8 Å². The number of cyclic esters (lactones) is 1. The number of nitrogens with one attached hydrogen (secondary N) is 1. The van der Waals surface area contributed by atoms with Crippen molar-refractivity contribution in [3.8, 4) is 5.69 Å². The zero-order valence-corrected chi connectivity index (χ0v) is 18.0. The first-order valence-electron chi connectivity index (χ1n) is 9.76. The van der Waals surface area contributed by atoms with E-state index in [1.54, 1.807) is 12.1 Å². The van der Waals surface area contributed by atoms with Gasteiger partial charge in [0.2, 0.25) is 0 Å². The minimum Gasteiger partial charge on any atom is -0.457 e. The first kappa shape index (κ1) is 22.7. The number of carbonyl (C=O) groups excluding carboxylic acids is 2. The lowest BCUT2D eigenvalue weighted by atomic mass is 10.2. The maximum absolute atomic E-state index is 12.5. The third kappa shape index (κ3) is 4.38. The van der Waals surface area contributed by atoms with E-state index in [1.165, 1.54) is 35.2 Å². The number of carbonyl (C=O) groups is 2. The third-order valence-corrected chi connectivity index (χ3v) is 5.28. The number of esters is 1. The SMILES string of the molecule is O=C(OCc1cccc(Cl)c1[N+](=O)[O-])c1cn(-c2ccc(N3CCOC3=O)cc2)c(=O)[nH]c1=O. The number of rotatable bonds is 6. The quantitative estimate of drug-likeness (QED) is 0.316. The summed E-state index contributed by atoms with van der Waals surface area (Å²) in [5.74, 6) is -1.10. The molecular weight excluding hydrogens is 472 g/mol. The third-order valence-electron chi connectivity index (χ3n) is 4.97. The van der Waals surface area contributed by atoms with Gasteiger partial charge in [0.15, 0.2) is 0 Å². The number of aromatic nitrogens is 2. The summed E-state index contributed by atoms with van der Waals surface area (Å²) in [6.07, 6.45) is 0.522. The molecule has 1 aliphatic heterocycles. The van der Waals surface area contributed by atoms with Crippen molar-refractivity contribution in [2.45, 2.75) is 6.61 Å². The van der Waals surface area contributed by atoms with Gasteiger partial charge in [-0.3, -0.25) is 29.4 Å². The highest BCUT2D eigenvalue weighted by atomic mass is 35.5. The summed E-state index contributed by atoms with van der Waals surface area (Å²) in [4.78, 5) is 62.8. The average molecular weight is 487 g/mol. The summed E-state index contributed by atoms with van der Waals surface area (Å²) in [5.41, 5.74) is -1.81. The summed E-state index contributed by atoms with van der Waals surface area (Å²) in [5, 5.41) is 11.1. The van der Waals surface area contributed by atoms with Gasteiger partial charge in [0.25, 0.3) is 11.2 Å². The molecule has 4 rings (SSSR count). The van der Waals surface area contributed by atoms with Crippen LogP contribution in [0.25, 0.3) is 5.69 Å². The molecule has 3 aromatic rings. The van der Waals surface area contributed by atoms with Gasteiger partial charge in [-0.25, -0.2) is 14.4 Å². The van der Waals surface area contributed by atoms with Crippen molar-refractivity contribution in [2.24, 2.45) is 0 Å². The molecule has 2 heterocycles. The second-order valence-electron chi connectivity index (χ2n) is 7.04. The fourth-order valence-electron chi connectivity index (χ4n) is 3.33. The zero-order chi connectivity index (χ0) is 24.4. The number of amides is 1. The second-order valence-corrected chi connectivity index (χ2v) is 7.44. The van der Waals surface area contributed by atoms with E-state index < -0.39 is 46.1 Å². The summed E-state index contributed by atoms with van der Waals surface area (Å²) in [7, 11) is 0. The lowest BCUT2D eigenvalue weighted by Gasteiger charge is -2.14. The number of para-hydroxylation sites is 1. The van der Waals surface area contributed by atoms with Gasteiger partial charge in [-0.05, 0) is 36.4 Å². The molecule has 0 unspecified atom stereocenters. The van der Waals surface area contributed by atoms with Crippen LogP contribution in [0.15, 0.2) is 58.3 Å². The summed E-state index contributed by atoms with van der Waals surface area (Å²) in [6.45, 7) is 0.135. The Morgan fingerprint density at radius 1 is 1.15 bits per heavy atom. The van der Waals surface area contributed by atoms with E-state index in [1.807, 2.05) is 4.98 Å². The highest BCUT2D eigenvalue weighted by Crippen LogP contribution is 2.28. The second kappa shape index (κ2) is 9.19. The molecule has 2 aromatic carbocycles. The predicted octanol–water partition coefficient (Wildman–Crippen LogP) is 2.40. The lowest BCUT2D eigenvalue weighted by Crippen LogP contribution is -2.33. The number of H-pyrrole nitrogens is 1.